The molecule has 0 N–H and O–H groups in total. The van der Waals surface area contributed by atoms with Crippen LogP contribution in [0, 0.1) is 5.82 Å². The van der Waals surface area contributed by atoms with Gasteiger partial charge in [0.15, 0.2) is 6.73 Å². The normalized spacial score (nSPS) is 11.0. The molecule has 0 fully saturated rings. The average molecular weight is 325 g/mol. The third-order valence-corrected chi connectivity index (χ3v) is 3.22. The highest BCUT2D eigenvalue weighted by molar-refractivity contribution is 5.86. The zero-order chi connectivity index (χ0) is 16.9. The molecule has 0 amide bonds. The Labute approximate surface area is 135 Å². The lowest BCUT2D eigenvalue weighted by atomic mass is 10.2. The highest BCUT2D eigenvalue weighted by Crippen LogP contribution is 2.06. The van der Waals surface area contributed by atoms with Crippen LogP contribution < -0.4 is 5.56 Å². The van der Waals surface area contributed by atoms with Gasteiger partial charge in [-0.15, -0.1) is 5.10 Å². The molecule has 0 aliphatic rings. The fourth-order valence-corrected chi connectivity index (χ4v) is 2.06. The van der Waals surface area contributed by atoms with Crippen LogP contribution in [0.5, 0.6) is 0 Å². The van der Waals surface area contributed by atoms with E-state index < -0.39 is 17.3 Å². The first-order chi connectivity index (χ1) is 11.6. The second-order valence-electron chi connectivity index (χ2n) is 4.89. The number of halogens is 1. The van der Waals surface area contributed by atoms with Gasteiger partial charge in [-0.25, -0.2) is 9.18 Å². The quantitative estimate of drug-likeness (QED) is 0.543. The zero-order valence-electron chi connectivity index (χ0n) is 12.4. The van der Waals surface area contributed by atoms with E-state index >= 15 is 0 Å². The third kappa shape index (κ3) is 3.52. The van der Waals surface area contributed by atoms with Crippen LogP contribution in [0.15, 0.2) is 59.4 Å². The molecular weight excluding hydrogens is 313 g/mol. The number of nitrogens with zero attached hydrogens (tertiary/aromatic N) is 3. The molecule has 0 atom stereocenters. The molecule has 3 aromatic rings. The summed E-state index contributed by atoms with van der Waals surface area (Å²) in [5, 5.41) is 7.98. The fraction of sp³-hybridized carbons (Fsp3) is 0.0588. The Balaban J connectivity index is 1.68. The number of carbonyl (C=O) groups is 1. The summed E-state index contributed by atoms with van der Waals surface area (Å²) in [6.45, 7) is -0.358. The summed E-state index contributed by atoms with van der Waals surface area (Å²) in [6.07, 6.45) is 2.56. The second-order valence-corrected chi connectivity index (χ2v) is 4.89. The van der Waals surface area contributed by atoms with Gasteiger partial charge in [-0.1, -0.05) is 29.5 Å². The van der Waals surface area contributed by atoms with Crippen LogP contribution in [0.25, 0.3) is 17.0 Å². The molecule has 0 bridgehead atoms. The highest BCUT2D eigenvalue weighted by atomic mass is 19.1. The Morgan fingerprint density at radius 2 is 2.04 bits per heavy atom. The zero-order valence-corrected chi connectivity index (χ0v) is 12.4. The van der Waals surface area contributed by atoms with Gasteiger partial charge < -0.3 is 4.74 Å². The summed E-state index contributed by atoms with van der Waals surface area (Å²) in [7, 11) is 0. The molecule has 120 valence electrons. The van der Waals surface area contributed by atoms with Gasteiger partial charge >= 0.3 is 5.97 Å². The van der Waals surface area contributed by atoms with Crippen molar-refractivity contribution in [3.8, 4) is 0 Å². The topological polar surface area (TPSA) is 74.1 Å². The van der Waals surface area contributed by atoms with Crippen molar-refractivity contribution in [1.29, 1.82) is 0 Å². The van der Waals surface area contributed by atoms with Gasteiger partial charge in [-0.3, -0.25) is 4.79 Å². The number of hydrogen-bond donors (Lipinski definition) is 0. The van der Waals surface area contributed by atoms with Gasteiger partial charge in [-0.2, -0.15) is 4.68 Å². The van der Waals surface area contributed by atoms with Crippen LogP contribution in [0.4, 0.5) is 4.39 Å². The van der Waals surface area contributed by atoms with Gasteiger partial charge in [0.2, 0.25) is 0 Å². The predicted molar refractivity (Wildman–Crippen MR) is 85.3 cm³/mol. The number of esters is 1. The Morgan fingerprint density at radius 1 is 1.21 bits per heavy atom. The molecular formula is C17H12FN3O3. The lowest BCUT2D eigenvalue weighted by molar-refractivity contribution is -0.141. The maximum atomic E-state index is 13.0. The molecule has 0 aliphatic carbocycles. The molecule has 3 rings (SSSR count). The van der Waals surface area contributed by atoms with E-state index in [4.69, 9.17) is 4.74 Å². The third-order valence-electron chi connectivity index (χ3n) is 3.22. The van der Waals surface area contributed by atoms with Crippen molar-refractivity contribution >= 4 is 22.9 Å². The summed E-state index contributed by atoms with van der Waals surface area (Å²) >= 11 is 0. The van der Waals surface area contributed by atoms with Gasteiger partial charge in [0, 0.05) is 6.08 Å². The van der Waals surface area contributed by atoms with Crippen LogP contribution >= 0.6 is 0 Å². The van der Waals surface area contributed by atoms with Crippen LogP contribution in [0.1, 0.15) is 5.56 Å². The van der Waals surface area contributed by atoms with E-state index in [2.05, 4.69) is 10.3 Å². The number of benzene rings is 2. The summed E-state index contributed by atoms with van der Waals surface area (Å²) in [5.41, 5.74) is 0.591. The molecule has 24 heavy (non-hydrogen) atoms. The molecule has 6 nitrogen and oxygen atoms in total. The summed E-state index contributed by atoms with van der Waals surface area (Å²) in [5.74, 6) is -1.08. The number of ether oxygens (including phenoxy) is 1. The first-order valence-electron chi connectivity index (χ1n) is 7.06. The maximum Gasteiger partial charge on any atom is 0.332 e. The van der Waals surface area contributed by atoms with Gasteiger partial charge in [0.1, 0.15) is 11.3 Å². The maximum absolute atomic E-state index is 13.0. The first-order valence-corrected chi connectivity index (χ1v) is 7.06. The number of carbonyl (C=O) groups excluding carboxylic acids is 1. The largest absolute Gasteiger partial charge is 0.439 e. The van der Waals surface area contributed by atoms with Crippen LogP contribution in [-0.4, -0.2) is 21.0 Å². The Bertz CT molecular complexity index is 982. The highest BCUT2D eigenvalue weighted by Gasteiger charge is 2.06. The molecule has 2 aromatic carbocycles. The van der Waals surface area contributed by atoms with Gasteiger partial charge in [-0.05, 0) is 35.9 Å². The van der Waals surface area contributed by atoms with E-state index in [-0.39, 0.29) is 6.73 Å². The van der Waals surface area contributed by atoms with Crippen molar-refractivity contribution in [2.75, 3.05) is 0 Å². The Morgan fingerprint density at radius 3 is 2.88 bits per heavy atom. The van der Waals surface area contributed by atoms with Crippen LogP contribution in [0.2, 0.25) is 0 Å². The van der Waals surface area contributed by atoms with E-state index in [0.29, 0.717) is 16.5 Å². The van der Waals surface area contributed by atoms with Gasteiger partial charge in [0.25, 0.3) is 5.56 Å². The van der Waals surface area contributed by atoms with Crippen molar-refractivity contribution in [2.24, 2.45) is 0 Å². The smallest absolute Gasteiger partial charge is 0.332 e. The number of hydrogen-bond acceptors (Lipinski definition) is 5. The molecule has 0 aliphatic heterocycles. The molecule has 0 radical (unpaired) electrons. The standard InChI is InChI=1S/C17H12FN3O3/c18-13-5-3-4-12(10-13)8-9-16(22)24-11-21-17(23)14-6-1-2-7-15(14)19-20-21/h1-10H,11H2. The van der Waals surface area contributed by atoms with Crippen molar-refractivity contribution in [3.63, 3.8) is 0 Å². The Kier molecular flexibility index (Phi) is 4.42. The van der Waals surface area contributed by atoms with Crippen molar-refractivity contribution in [3.05, 3.63) is 76.3 Å². The van der Waals surface area contributed by atoms with E-state index in [0.717, 1.165) is 10.8 Å². The summed E-state index contributed by atoms with van der Waals surface area (Å²) in [4.78, 5) is 23.9. The molecule has 1 aromatic heterocycles. The minimum atomic E-state index is -0.680. The van der Waals surface area contributed by atoms with E-state index in [1.54, 1.807) is 30.3 Å². The van der Waals surface area contributed by atoms with E-state index in [1.165, 1.54) is 24.3 Å². The number of fused-ring (bicyclic) bond motifs is 1. The fourth-order valence-electron chi connectivity index (χ4n) is 2.06. The van der Waals surface area contributed by atoms with Crippen LogP contribution in [0.3, 0.4) is 0 Å². The minimum absolute atomic E-state index is 0.358. The lowest BCUT2D eigenvalue weighted by Crippen LogP contribution is -2.26. The molecule has 0 saturated carbocycles. The average Bonchev–Trinajstić information content (AvgIpc) is 2.60. The molecule has 0 saturated heterocycles. The minimum Gasteiger partial charge on any atom is -0.439 e. The number of rotatable bonds is 4. The first kappa shape index (κ1) is 15.5. The number of aromatic nitrogens is 3. The van der Waals surface area contributed by atoms with Crippen molar-refractivity contribution in [1.82, 2.24) is 15.0 Å². The van der Waals surface area contributed by atoms with Gasteiger partial charge in [0.05, 0.1) is 5.39 Å². The summed E-state index contributed by atoms with van der Waals surface area (Å²) < 4.78 is 18.9. The molecule has 0 unspecified atom stereocenters. The Hall–Kier alpha value is -3.35. The summed E-state index contributed by atoms with van der Waals surface area (Å²) in [6, 6.07) is 12.5. The van der Waals surface area contributed by atoms with Crippen molar-refractivity contribution in [2.45, 2.75) is 6.73 Å². The van der Waals surface area contributed by atoms with Crippen molar-refractivity contribution < 1.29 is 13.9 Å². The SMILES string of the molecule is O=C(C=Cc1cccc(F)c1)OCn1nnc2ccccc2c1=O. The lowest BCUT2D eigenvalue weighted by Gasteiger charge is -2.04. The van der Waals surface area contributed by atoms with Crippen LogP contribution in [-0.2, 0) is 16.3 Å². The van der Waals surface area contributed by atoms with E-state index in [1.807, 2.05) is 0 Å². The predicted octanol–water partition coefficient (Wildman–Crippen LogP) is 2.14. The van der Waals surface area contributed by atoms with E-state index in [9.17, 15) is 14.0 Å². The molecule has 1 heterocycles. The molecule has 0 spiro atoms. The molecule has 7 heteroatoms. The second kappa shape index (κ2) is 6.82. The monoisotopic (exact) mass is 325 g/mol.